The Balaban J connectivity index is 1.57. The Labute approximate surface area is 179 Å². The summed E-state index contributed by atoms with van der Waals surface area (Å²) in [5.41, 5.74) is 3.98. The summed E-state index contributed by atoms with van der Waals surface area (Å²) < 4.78 is 0. The minimum atomic E-state index is -0.371. The monoisotopic (exact) mass is 404 g/mol. The second-order valence-corrected chi connectivity index (χ2v) is 10.4. The van der Waals surface area contributed by atoms with Crippen molar-refractivity contribution in [3.8, 4) is 0 Å². The molecule has 158 valence electrons. The van der Waals surface area contributed by atoms with Gasteiger partial charge in [0, 0.05) is 17.8 Å². The summed E-state index contributed by atoms with van der Waals surface area (Å²) in [6.45, 7) is 4.26. The van der Waals surface area contributed by atoms with Crippen LogP contribution in [0.5, 0.6) is 0 Å². The van der Waals surface area contributed by atoms with E-state index in [1.54, 1.807) is 0 Å². The third kappa shape index (κ3) is 2.74. The summed E-state index contributed by atoms with van der Waals surface area (Å²) in [7, 11) is 0. The van der Waals surface area contributed by atoms with Crippen molar-refractivity contribution in [2.45, 2.75) is 58.3 Å². The van der Waals surface area contributed by atoms with Crippen LogP contribution in [0.25, 0.3) is 0 Å². The molecular formula is C27H32O3. The molecule has 0 spiro atoms. The molecule has 0 radical (unpaired) electrons. The number of hydrogen-bond donors (Lipinski definition) is 1. The fourth-order valence-electron chi connectivity index (χ4n) is 7.63. The maximum absolute atomic E-state index is 13.0. The lowest BCUT2D eigenvalue weighted by atomic mass is 9.51. The molecule has 1 N–H and O–H groups in total. The molecule has 0 heterocycles. The molecule has 3 nitrogen and oxygen atoms in total. The van der Waals surface area contributed by atoms with Crippen LogP contribution in [0.2, 0.25) is 0 Å². The summed E-state index contributed by atoms with van der Waals surface area (Å²) in [6, 6.07) is 10.4. The highest BCUT2D eigenvalue weighted by molar-refractivity contribution is 5.92. The van der Waals surface area contributed by atoms with Crippen molar-refractivity contribution in [1.82, 2.24) is 0 Å². The largest absolute Gasteiger partial charge is 0.389 e. The van der Waals surface area contributed by atoms with Gasteiger partial charge in [-0.1, -0.05) is 61.4 Å². The Hall–Kier alpha value is -2.00. The average molecular weight is 405 g/mol. The molecular weight excluding hydrogens is 372 g/mol. The van der Waals surface area contributed by atoms with Crippen molar-refractivity contribution in [2.24, 2.45) is 28.6 Å². The van der Waals surface area contributed by atoms with Crippen LogP contribution in [0.1, 0.15) is 63.9 Å². The lowest BCUT2D eigenvalue weighted by Gasteiger charge is -2.53. The van der Waals surface area contributed by atoms with Crippen LogP contribution >= 0.6 is 0 Å². The van der Waals surface area contributed by atoms with E-state index in [2.05, 4.69) is 44.2 Å². The zero-order valence-electron chi connectivity index (χ0n) is 18.1. The van der Waals surface area contributed by atoms with Crippen LogP contribution in [0, 0.1) is 28.6 Å². The molecule has 1 aromatic carbocycles. The highest BCUT2D eigenvalue weighted by Gasteiger charge is 2.60. The van der Waals surface area contributed by atoms with Gasteiger partial charge in [0.2, 0.25) is 0 Å². The first-order valence-corrected chi connectivity index (χ1v) is 11.5. The number of carbonyl (C=O) groups is 2. The zero-order valence-corrected chi connectivity index (χ0v) is 18.1. The van der Waals surface area contributed by atoms with Crippen molar-refractivity contribution in [1.29, 1.82) is 0 Å². The normalized spacial score (nSPS) is 40.0. The topological polar surface area (TPSA) is 54.4 Å². The van der Waals surface area contributed by atoms with E-state index in [4.69, 9.17) is 0 Å². The number of ketones is 2. The number of aliphatic hydroxyl groups is 1. The van der Waals surface area contributed by atoms with Gasteiger partial charge in [0.15, 0.2) is 11.6 Å². The molecule has 0 aromatic heterocycles. The first-order chi connectivity index (χ1) is 14.4. The highest BCUT2D eigenvalue weighted by Crippen LogP contribution is 2.67. The van der Waals surface area contributed by atoms with Crippen LogP contribution < -0.4 is 0 Å². The summed E-state index contributed by atoms with van der Waals surface area (Å²) in [6.07, 6.45) is 9.87. The minimum absolute atomic E-state index is 0.00317. The number of rotatable bonds is 3. The summed E-state index contributed by atoms with van der Waals surface area (Å²) in [4.78, 5) is 25.1. The van der Waals surface area contributed by atoms with E-state index in [1.807, 2.05) is 12.1 Å². The van der Waals surface area contributed by atoms with Gasteiger partial charge in [0.1, 0.15) is 6.61 Å². The predicted molar refractivity (Wildman–Crippen MR) is 117 cm³/mol. The molecule has 2 unspecified atom stereocenters. The van der Waals surface area contributed by atoms with Gasteiger partial charge < -0.3 is 5.11 Å². The molecule has 0 saturated heterocycles. The van der Waals surface area contributed by atoms with E-state index in [1.165, 1.54) is 16.7 Å². The summed E-state index contributed by atoms with van der Waals surface area (Å²) >= 11 is 0. The number of benzene rings is 1. The Kier molecular flexibility index (Phi) is 4.66. The van der Waals surface area contributed by atoms with Gasteiger partial charge >= 0.3 is 0 Å². The third-order valence-electron chi connectivity index (χ3n) is 9.12. The lowest BCUT2D eigenvalue weighted by molar-refractivity contribution is -0.130. The van der Waals surface area contributed by atoms with Crippen LogP contribution in [-0.4, -0.2) is 23.3 Å². The predicted octanol–water partition coefficient (Wildman–Crippen LogP) is 5.01. The molecule has 0 amide bonds. The van der Waals surface area contributed by atoms with Gasteiger partial charge in [-0.2, -0.15) is 0 Å². The molecule has 1 aromatic rings. The molecule has 4 aliphatic carbocycles. The van der Waals surface area contributed by atoms with Crippen LogP contribution in [0.15, 0.2) is 53.6 Å². The SMILES string of the molecule is C[C@]12CCC(=O)C=C1CCC1C2=CC[C@@]2(C)C1C[C@H](c1ccccc1)[C@@H]2C(=O)CO. The van der Waals surface area contributed by atoms with Gasteiger partial charge in [-0.05, 0) is 66.9 Å². The number of carbonyl (C=O) groups excluding carboxylic acids is 2. The van der Waals surface area contributed by atoms with Crippen LogP contribution in [0.3, 0.4) is 0 Å². The second kappa shape index (κ2) is 7.02. The number of Topliss-reactive ketones (excluding diaryl/α,β-unsaturated/α-hetero) is 1. The maximum Gasteiger partial charge on any atom is 0.162 e. The standard InChI is InChI=1S/C27H32O3/c1-26-12-10-19(29)14-18(26)8-9-20-22(26)11-13-27(2)23(20)15-21(25(27)24(30)16-28)17-6-4-3-5-7-17/h3-7,11,14,20-21,23,25,28H,8-10,12-13,15-16H2,1-2H3/t20?,21-,23?,25-,26+,27+/m1/s1. The number of fused-ring (bicyclic) bond motifs is 5. The maximum atomic E-state index is 13.0. The van der Waals surface area contributed by atoms with Crippen molar-refractivity contribution in [2.75, 3.05) is 6.61 Å². The number of allylic oxidation sites excluding steroid dienone is 4. The molecule has 6 atom stereocenters. The Morgan fingerprint density at radius 1 is 1.13 bits per heavy atom. The Morgan fingerprint density at radius 3 is 2.63 bits per heavy atom. The first kappa shape index (κ1) is 19.9. The van der Waals surface area contributed by atoms with E-state index in [-0.39, 0.29) is 40.8 Å². The van der Waals surface area contributed by atoms with Crippen molar-refractivity contribution >= 4 is 11.6 Å². The zero-order chi connectivity index (χ0) is 21.1. The number of aliphatic hydroxyl groups excluding tert-OH is 1. The molecule has 2 fully saturated rings. The van der Waals surface area contributed by atoms with Gasteiger partial charge in [-0.15, -0.1) is 0 Å². The fraction of sp³-hybridized carbons (Fsp3) is 0.556. The van der Waals surface area contributed by atoms with Crippen molar-refractivity contribution in [3.63, 3.8) is 0 Å². The molecule has 30 heavy (non-hydrogen) atoms. The lowest BCUT2D eigenvalue weighted by Crippen LogP contribution is -2.46. The van der Waals surface area contributed by atoms with Crippen molar-refractivity contribution < 1.29 is 14.7 Å². The van der Waals surface area contributed by atoms with Crippen LogP contribution in [0.4, 0.5) is 0 Å². The van der Waals surface area contributed by atoms with E-state index < -0.39 is 0 Å². The van der Waals surface area contributed by atoms with Crippen molar-refractivity contribution in [3.05, 3.63) is 59.2 Å². The third-order valence-corrected chi connectivity index (χ3v) is 9.12. The Morgan fingerprint density at radius 2 is 1.90 bits per heavy atom. The van der Waals surface area contributed by atoms with Gasteiger partial charge in [0.05, 0.1) is 0 Å². The van der Waals surface area contributed by atoms with E-state index in [0.29, 0.717) is 18.3 Å². The highest BCUT2D eigenvalue weighted by atomic mass is 16.3. The molecule has 0 aliphatic heterocycles. The molecule has 0 bridgehead atoms. The van der Waals surface area contributed by atoms with Crippen LogP contribution in [-0.2, 0) is 9.59 Å². The number of hydrogen-bond acceptors (Lipinski definition) is 3. The quantitative estimate of drug-likeness (QED) is 0.721. The second-order valence-electron chi connectivity index (χ2n) is 10.4. The molecule has 3 heteroatoms. The average Bonchev–Trinajstić information content (AvgIpc) is 3.07. The fourth-order valence-corrected chi connectivity index (χ4v) is 7.63. The summed E-state index contributed by atoms with van der Waals surface area (Å²) in [5, 5.41) is 9.81. The van der Waals surface area contributed by atoms with Gasteiger partial charge in [-0.3, -0.25) is 9.59 Å². The molecule has 5 rings (SSSR count). The molecule has 2 saturated carbocycles. The first-order valence-electron chi connectivity index (χ1n) is 11.5. The summed E-state index contributed by atoms with van der Waals surface area (Å²) in [5.74, 6) is 1.23. The minimum Gasteiger partial charge on any atom is -0.389 e. The molecule has 4 aliphatic rings. The van der Waals surface area contributed by atoms with E-state index in [9.17, 15) is 14.7 Å². The van der Waals surface area contributed by atoms with E-state index in [0.717, 1.165) is 32.1 Å². The Bertz CT molecular complexity index is 942. The van der Waals surface area contributed by atoms with E-state index >= 15 is 0 Å². The van der Waals surface area contributed by atoms with Gasteiger partial charge in [0.25, 0.3) is 0 Å². The smallest absolute Gasteiger partial charge is 0.162 e. The van der Waals surface area contributed by atoms with Gasteiger partial charge in [-0.25, -0.2) is 0 Å².